The third kappa shape index (κ3) is 13.2. The van der Waals surface area contributed by atoms with Crippen molar-refractivity contribution in [2.24, 2.45) is 0 Å². The summed E-state index contributed by atoms with van der Waals surface area (Å²) in [5.41, 5.74) is 7.30. The lowest BCUT2D eigenvalue weighted by Crippen LogP contribution is -2.45. The number of ketones is 1. The molecule has 5 amide bonds. The number of likely N-dealkylation sites (tertiary alicyclic amines) is 2. The number of benzene rings is 4. The zero-order valence-corrected chi connectivity index (χ0v) is 39.2. The van der Waals surface area contributed by atoms with E-state index in [1.54, 1.807) is 76.6 Å². The molecule has 0 atom stereocenters. The summed E-state index contributed by atoms with van der Waals surface area (Å²) in [6.07, 6.45) is 2.77. The van der Waals surface area contributed by atoms with E-state index in [1.807, 2.05) is 70.5 Å². The smallest absolute Gasteiger partial charge is 0.471 e. The second-order valence-corrected chi connectivity index (χ2v) is 17.4. The maximum atomic E-state index is 13.5. The van der Waals surface area contributed by atoms with Crippen LogP contribution in [0.25, 0.3) is 33.7 Å². The number of urea groups is 2. The van der Waals surface area contributed by atoms with Gasteiger partial charge in [-0.15, -0.1) is 10.2 Å². The van der Waals surface area contributed by atoms with Crippen LogP contribution in [-0.2, 0) is 24.1 Å². The minimum absolute atomic E-state index is 0.0819. The number of anilines is 2. The molecule has 0 unspecified atom stereocenters. The SMILES string of the molecule is O=C(CNC(=O)C(F)(F)F)c1ccc(CN(C(=O)N2CCCCC2)c2ccc(-c3ccoc3)cc2)cc1.O=C(N1CCCCC1)N(Cc1ccc(-c2nnc(C(F)(F)F)o2)cc1)c1ccc(-c2ccoc2)cc1. The van der Waals surface area contributed by atoms with Gasteiger partial charge in [-0.3, -0.25) is 19.4 Å². The van der Waals surface area contributed by atoms with E-state index in [2.05, 4.69) is 10.2 Å². The molecule has 20 heteroatoms. The Labute approximate surface area is 415 Å². The van der Waals surface area contributed by atoms with Crippen molar-refractivity contribution in [3.05, 3.63) is 157 Å². The second-order valence-electron chi connectivity index (χ2n) is 17.4. The number of hydrogen-bond donors (Lipinski definition) is 1. The van der Waals surface area contributed by atoms with E-state index < -0.39 is 36.5 Å². The van der Waals surface area contributed by atoms with Gasteiger partial charge in [0.1, 0.15) is 0 Å². The summed E-state index contributed by atoms with van der Waals surface area (Å²) in [6, 6.07) is 31.7. The molecule has 2 aliphatic heterocycles. The first-order chi connectivity index (χ1) is 35.1. The van der Waals surface area contributed by atoms with E-state index in [4.69, 9.17) is 13.3 Å². The Kier molecular flexibility index (Phi) is 16.1. The quantitative estimate of drug-likeness (QED) is 0.0929. The number of rotatable bonds is 12. The lowest BCUT2D eigenvalue weighted by molar-refractivity contribution is -0.173. The Morgan fingerprint density at radius 2 is 0.973 bits per heavy atom. The van der Waals surface area contributed by atoms with E-state index >= 15 is 0 Å². The molecule has 0 aliphatic carbocycles. The van der Waals surface area contributed by atoms with Crippen molar-refractivity contribution in [2.45, 2.75) is 64.0 Å². The maximum Gasteiger partial charge on any atom is 0.471 e. The molecule has 1 N–H and O–H groups in total. The van der Waals surface area contributed by atoms with Crippen LogP contribution >= 0.6 is 0 Å². The summed E-state index contributed by atoms with van der Waals surface area (Å²) >= 11 is 0. The Bertz CT molecular complexity index is 2910. The lowest BCUT2D eigenvalue weighted by Gasteiger charge is -2.33. The summed E-state index contributed by atoms with van der Waals surface area (Å²) in [6.45, 7) is 2.54. The van der Waals surface area contributed by atoms with Crippen LogP contribution in [0.1, 0.15) is 65.9 Å². The molecule has 9 rings (SSSR count). The Hall–Kier alpha value is -8.16. The fraction of sp³-hybridized carbons (Fsp3) is 0.283. The first-order valence-electron chi connectivity index (χ1n) is 23.5. The normalized spacial score (nSPS) is 13.9. The second kappa shape index (κ2) is 22.9. The Morgan fingerprint density at radius 3 is 1.37 bits per heavy atom. The number of carbonyl (C=O) groups excluding carboxylic acids is 4. The Balaban J connectivity index is 0.000000195. The first kappa shape index (κ1) is 51.2. The molecule has 2 fully saturated rings. The topological polar surface area (TPSA) is 158 Å². The van der Waals surface area contributed by atoms with Crippen LogP contribution in [0.2, 0.25) is 0 Å². The number of furan rings is 2. The predicted octanol–water partition coefficient (Wildman–Crippen LogP) is 12.0. The fourth-order valence-electron chi connectivity index (χ4n) is 8.31. The van der Waals surface area contributed by atoms with Gasteiger partial charge in [-0.2, -0.15) is 26.3 Å². The van der Waals surface area contributed by atoms with Crippen molar-refractivity contribution < 1.29 is 58.8 Å². The summed E-state index contributed by atoms with van der Waals surface area (Å²) < 4.78 is 90.4. The van der Waals surface area contributed by atoms with Crippen molar-refractivity contribution >= 4 is 35.1 Å². The van der Waals surface area contributed by atoms with Crippen LogP contribution in [0.4, 0.5) is 47.3 Å². The molecule has 0 radical (unpaired) electrons. The molecule has 2 saturated heterocycles. The standard InChI is InChI=1S/C27H26F3N3O4.C26H23F3N4O3/c28-27(29,30)25(35)31-16-24(34)21-6-4-19(5-7-21)17-33(26(36)32-13-2-1-3-14-32)23-10-8-20(9-11-23)22-12-15-37-18-22;27-26(28,29)24-31-30-23(36-24)20-6-4-18(5-7-20)16-33(25(34)32-13-2-1-3-14-32)22-10-8-19(9-11-22)21-12-15-35-17-21/h4-12,15,18H,1-3,13-14,16-17H2,(H,31,35);4-12,15,17H,1-3,13-14,16H2. The Morgan fingerprint density at radius 1 is 0.534 bits per heavy atom. The number of piperidine rings is 2. The van der Waals surface area contributed by atoms with Crippen LogP contribution < -0.4 is 15.1 Å². The number of halogens is 6. The van der Waals surface area contributed by atoms with Gasteiger partial charge in [0.15, 0.2) is 5.78 Å². The van der Waals surface area contributed by atoms with Crippen molar-refractivity contribution in [3.63, 3.8) is 0 Å². The molecule has 14 nitrogen and oxygen atoms in total. The number of hydrogen-bond acceptors (Lipinski definition) is 9. The number of nitrogens with zero attached hydrogens (tertiary/aromatic N) is 6. The van der Waals surface area contributed by atoms with E-state index in [0.29, 0.717) is 37.4 Å². The molecule has 7 aromatic rings. The van der Waals surface area contributed by atoms with Gasteiger partial charge in [-0.05, 0) is 109 Å². The summed E-state index contributed by atoms with van der Waals surface area (Å²) in [4.78, 5) is 57.2. The number of aromatic nitrogens is 2. The highest BCUT2D eigenvalue weighted by Gasteiger charge is 2.39. The van der Waals surface area contributed by atoms with Gasteiger partial charge in [0.25, 0.3) is 0 Å². The maximum absolute atomic E-state index is 13.5. The third-order valence-electron chi connectivity index (χ3n) is 12.3. The van der Waals surface area contributed by atoms with Gasteiger partial charge >= 0.3 is 36.2 Å². The molecule has 0 spiro atoms. The molecular weight excluding hydrogens is 961 g/mol. The molecular formula is C53H49F6N7O7. The van der Waals surface area contributed by atoms with Crippen molar-refractivity contribution in [1.29, 1.82) is 0 Å². The highest BCUT2D eigenvalue weighted by atomic mass is 19.4. The van der Waals surface area contributed by atoms with Crippen LogP contribution in [-0.4, -0.2) is 82.6 Å². The van der Waals surface area contributed by atoms with E-state index in [9.17, 15) is 45.5 Å². The number of nitrogens with one attached hydrogen (secondary N) is 1. The molecule has 380 valence electrons. The highest BCUT2D eigenvalue weighted by molar-refractivity contribution is 6.00. The molecule has 5 heterocycles. The van der Waals surface area contributed by atoms with Crippen LogP contribution in [0.15, 0.2) is 147 Å². The lowest BCUT2D eigenvalue weighted by atomic mass is 10.1. The molecule has 4 aromatic carbocycles. The van der Waals surface area contributed by atoms with Crippen molar-refractivity contribution in [1.82, 2.24) is 25.3 Å². The highest BCUT2D eigenvalue weighted by Crippen LogP contribution is 2.32. The van der Waals surface area contributed by atoms with Crippen LogP contribution in [0.5, 0.6) is 0 Å². The zero-order chi connectivity index (χ0) is 51.5. The van der Waals surface area contributed by atoms with E-state index in [0.717, 1.165) is 77.6 Å². The van der Waals surface area contributed by atoms with Gasteiger partial charge in [0.05, 0.1) is 44.7 Å². The van der Waals surface area contributed by atoms with Gasteiger partial charge < -0.3 is 28.4 Å². The van der Waals surface area contributed by atoms with Gasteiger partial charge in [0.2, 0.25) is 5.89 Å². The number of alkyl halides is 6. The van der Waals surface area contributed by atoms with Gasteiger partial charge in [-0.1, -0.05) is 60.7 Å². The van der Waals surface area contributed by atoms with Gasteiger partial charge in [-0.25, -0.2) is 9.59 Å². The summed E-state index contributed by atoms with van der Waals surface area (Å²) in [5, 5.41) is 8.14. The first-order valence-corrected chi connectivity index (χ1v) is 23.5. The summed E-state index contributed by atoms with van der Waals surface area (Å²) in [5.74, 6) is -4.42. The third-order valence-corrected chi connectivity index (χ3v) is 12.3. The molecule has 73 heavy (non-hydrogen) atoms. The average Bonchev–Trinajstić information content (AvgIpc) is 4.25. The van der Waals surface area contributed by atoms with Gasteiger partial charge in [0, 0.05) is 59.8 Å². The van der Waals surface area contributed by atoms with Crippen molar-refractivity contribution in [3.8, 4) is 33.7 Å². The minimum atomic E-state index is -5.05. The van der Waals surface area contributed by atoms with Crippen LogP contribution in [0, 0.1) is 0 Å². The monoisotopic (exact) mass is 1010 g/mol. The number of amides is 5. The molecule has 0 saturated carbocycles. The van der Waals surface area contributed by atoms with Crippen molar-refractivity contribution in [2.75, 3.05) is 42.5 Å². The number of Topliss-reactive ketones (excluding diaryl/α,β-unsaturated/α-hetero) is 1. The van der Waals surface area contributed by atoms with E-state index in [1.165, 1.54) is 12.1 Å². The predicted molar refractivity (Wildman–Crippen MR) is 257 cm³/mol. The number of carbonyl (C=O) groups is 4. The molecule has 0 bridgehead atoms. The average molecular weight is 1010 g/mol. The zero-order valence-electron chi connectivity index (χ0n) is 39.2. The van der Waals surface area contributed by atoms with E-state index in [-0.39, 0.29) is 36.6 Å². The molecule has 2 aliphatic rings. The minimum Gasteiger partial charge on any atom is -0.472 e. The van der Waals surface area contributed by atoms with Crippen LogP contribution in [0.3, 0.4) is 0 Å². The molecule has 3 aromatic heterocycles. The largest absolute Gasteiger partial charge is 0.472 e. The summed E-state index contributed by atoms with van der Waals surface area (Å²) in [7, 11) is 0. The fourth-order valence-corrected chi connectivity index (χ4v) is 8.31.